The summed E-state index contributed by atoms with van der Waals surface area (Å²) in [5.74, 6) is 1.50. The molecular formula is C13H13N7O. The van der Waals surface area contributed by atoms with Crippen molar-refractivity contribution in [2.75, 3.05) is 17.7 Å². The van der Waals surface area contributed by atoms with Gasteiger partial charge < -0.3 is 15.4 Å². The maximum absolute atomic E-state index is 8.68. The van der Waals surface area contributed by atoms with Crippen LogP contribution in [0.4, 0.5) is 17.3 Å². The molecule has 0 saturated heterocycles. The first kappa shape index (κ1) is 13.1. The Bertz CT molecular complexity index is 676. The van der Waals surface area contributed by atoms with Crippen LogP contribution in [0, 0.1) is 11.3 Å². The Morgan fingerprint density at radius 2 is 2.10 bits per heavy atom. The Hall–Kier alpha value is -2.95. The quantitative estimate of drug-likeness (QED) is 0.849. The van der Waals surface area contributed by atoms with Gasteiger partial charge in [0.25, 0.3) is 5.88 Å². The molecule has 2 aromatic heterocycles. The van der Waals surface area contributed by atoms with Crippen LogP contribution in [-0.2, 0) is 0 Å². The minimum atomic E-state index is 0.259. The Morgan fingerprint density at radius 3 is 2.71 bits per heavy atom. The Kier molecular flexibility index (Phi) is 3.47. The van der Waals surface area contributed by atoms with Crippen molar-refractivity contribution in [2.45, 2.75) is 18.9 Å². The van der Waals surface area contributed by atoms with Crippen molar-refractivity contribution in [1.82, 2.24) is 20.2 Å². The second-order valence-corrected chi connectivity index (χ2v) is 4.54. The molecule has 106 valence electrons. The van der Waals surface area contributed by atoms with Crippen LogP contribution in [0.2, 0.25) is 0 Å². The van der Waals surface area contributed by atoms with Crippen molar-refractivity contribution in [1.29, 1.82) is 5.26 Å². The normalized spacial score (nSPS) is 13.3. The lowest BCUT2D eigenvalue weighted by atomic mass is 10.4. The lowest BCUT2D eigenvalue weighted by molar-refractivity contribution is 0.289. The summed E-state index contributed by atoms with van der Waals surface area (Å²) in [4.78, 5) is 7.99. The molecule has 1 aliphatic rings. The van der Waals surface area contributed by atoms with Gasteiger partial charge in [-0.25, -0.2) is 9.97 Å². The van der Waals surface area contributed by atoms with E-state index in [2.05, 4.69) is 30.8 Å². The third-order valence-electron chi connectivity index (χ3n) is 2.85. The number of nitrogens with zero attached hydrogens (tertiary/aromatic N) is 5. The predicted molar refractivity (Wildman–Crippen MR) is 75.3 cm³/mol. The smallest absolute Gasteiger partial charge is 0.257 e. The molecule has 0 amide bonds. The number of nitrogens with one attached hydrogen (secondary N) is 2. The molecule has 0 unspecified atom stereocenters. The molecule has 1 aliphatic carbocycles. The van der Waals surface area contributed by atoms with Gasteiger partial charge in [-0.3, -0.25) is 0 Å². The number of hydrogen-bond donors (Lipinski definition) is 2. The largest absolute Gasteiger partial charge is 0.472 e. The molecule has 0 bridgehead atoms. The summed E-state index contributed by atoms with van der Waals surface area (Å²) < 4.78 is 5.65. The van der Waals surface area contributed by atoms with Crippen molar-refractivity contribution < 1.29 is 4.74 Å². The van der Waals surface area contributed by atoms with Crippen molar-refractivity contribution >= 4 is 17.3 Å². The number of nitriles is 1. The molecule has 0 aromatic carbocycles. The standard InChI is InChI=1S/C13H13N7O/c1-15-10-4-11(19-20-13(10)21-9-2-3-9)18-12-7-16-8(5-14)6-17-12/h4,6-7,9H,2-3H2,1H3,(H2,15,17,18,19). The monoisotopic (exact) mass is 283 g/mol. The van der Waals surface area contributed by atoms with E-state index in [0.717, 1.165) is 18.5 Å². The fraction of sp³-hybridized carbons (Fsp3) is 0.308. The molecular weight excluding hydrogens is 270 g/mol. The molecule has 8 heteroatoms. The Labute approximate surface area is 121 Å². The molecule has 0 radical (unpaired) electrons. The van der Waals surface area contributed by atoms with E-state index in [0.29, 0.717) is 17.5 Å². The molecule has 0 atom stereocenters. The van der Waals surface area contributed by atoms with Crippen molar-refractivity contribution in [2.24, 2.45) is 0 Å². The van der Waals surface area contributed by atoms with Gasteiger partial charge in [-0.1, -0.05) is 0 Å². The summed E-state index contributed by atoms with van der Waals surface area (Å²) in [7, 11) is 1.79. The van der Waals surface area contributed by atoms with E-state index in [9.17, 15) is 0 Å². The van der Waals surface area contributed by atoms with Crippen LogP contribution in [-0.4, -0.2) is 33.3 Å². The van der Waals surface area contributed by atoms with E-state index in [1.165, 1.54) is 12.4 Å². The summed E-state index contributed by atoms with van der Waals surface area (Å²) in [6, 6.07) is 3.69. The van der Waals surface area contributed by atoms with E-state index < -0.39 is 0 Å². The average molecular weight is 283 g/mol. The second-order valence-electron chi connectivity index (χ2n) is 4.54. The van der Waals surface area contributed by atoms with E-state index >= 15 is 0 Å². The van der Waals surface area contributed by atoms with Gasteiger partial charge in [0.1, 0.15) is 23.7 Å². The maximum atomic E-state index is 8.68. The second kappa shape index (κ2) is 5.58. The lowest BCUT2D eigenvalue weighted by Gasteiger charge is -2.10. The van der Waals surface area contributed by atoms with E-state index in [1.54, 1.807) is 13.1 Å². The van der Waals surface area contributed by atoms with Crippen LogP contribution >= 0.6 is 0 Å². The third-order valence-corrected chi connectivity index (χ3v) is 2.85. The fourth-order valence-electron chi connectivity index (χ4n) is 1.63. The van der Waals surface area contributed by atoms with Gasteiger partial charge in [0.15, 0.2) is 11.5 Å². The zero-order valence-electron chi connectivity index (χ0n) is 11.4. The van der Waals surface area contributed by atoms with Crippen LogP contribution in [0.5, 0.6) is 5.88 Å². The third kappa shape index (κ3) is 3.14. The molecule has 2 aromatic rings. The van der Waals surface area contributed by atoms with Gasteiger partial charge in [0, 0.05) is 13.1 Å². The Morgan fingerprint density at radius 1 is 1.24 bits per heavy atom. The minimum Gasteiger partial charge on any atom is -0.472 e. The van der Waals surface area contributed by atoms with Gasteiger partial charge >= 0.3 is 0 Å². The molecule has 2 heterocycles. The summed E-state index contributed by atoms with van der Waals surface area (Å²) >= 11 is 0. The van der Waals surface area contributed by atoms with Gasteiger partial charge in [-0.15, -0.1) is 10.2 Å². The molecule has 3 rings (SSSR count). The summed E-state index contributed by atoms with van der Waals surface area (Å²) in [6.45, 7) is 0. The highest BCUT2D eigenvalue weighted by molar-refractivity contribution is 5.61. The lowest BCUT2D eigenvalue weighted by Crippen LogP contribution is -2.06. The maximum Gasteiger partial charge on any atom is 0.257 e. The highest BCUT2D eigenvalue weighted by Crippen LogP contribution is 2.31. The van der Waals surface area contributed by atoms with Gasteiger partial charge in [0.2, 0.25) is 0 Å². The van der Waals surface area contributed by atoms with Gasteiger partial charge in [-0.2, -0.15) is 5.26 Å². The van der Waals surface area contributed by atoms with Crippen molar-refractivity contribution in [3.05, 3.63) is 24.2 Å². The number of hydrogen-bond acceptors (Lipinski definition) is 8. The summed E-state index contributed by atoms with van der Waals surface area (Å²) in [5.41, 5.74) is 1.01. The van der Waals surface area contributed by atoms with Crippen LogP contribution in [0.1, 0.15) is 18.5 Å². The minimum absolute atomic E-state index is 0.259. The van der Waals surface area contributed by atoms with Crippen LogP contribution in [0.25, 0.3) is 0 Å². The van der Waals surface area contributed by atoms with Gasteiger partial charge in [-0.05, 0) is 12.8 Å². The summed E-state index contributed by atoms with van der Waals surface area (Å²) in [5, 5.41) is 22.8. The topological polar surface area (TPSA) is 109 Å². The highest BCUT2D eigenvalue weighted by atomic mass is 16.5. The molecule has 1 fully saturated rings. The molecule has 0 aliphatic heterocycles. The zero-order chi connectivity index (χ0) is 14.7. The average Bonchev–Trinajstić information content (AvgIpc) is 3.33. The Balaban J connectivity index is 1.76. The highest BCUT2D eigenvalue weighted by Gasteiger charge is 2.25. The molecule has 21 heavy (non-hydrogen) atoms. The first-order valence-corrected chi connectivity index (χ1v) is 6.50. The summed E-state index contributed by atoms with van der Waals surface area (Å²) in [6.07, 6.45) is 5.24. The molecule has 8 nitrogen and oxygen atoms in total. The fourth-order valence-corrected chi connectivity index (χ4v) is 1.63. The first-order chi connectivity index (χ1) is 10.3. The van der Waals surface area contributed by atoms with Crippen LogP contribution in [0.3, 0.4) is 0 Å². The van der Waals surface area contributed by atoms with E-state index in [4.69, 9.17) is 10.00 Å². The van der Waals surface area contributed by atoms with Crippen LogP contribution < -0.4 is 15.4 Å². The molecule has 1 saturated carbocycles. The molecule has 2 N–H and O–H groups in total. The van der Waals surface area contributed by atoms with Gasteiger partial charge in [0.05, 0.1) is 12.4 Å². The zero-order valence-corrected chi connectivity index (χ0v) is 11.4. The number of anilines is 3. The first-order valence-electron chi connectivity index (χ1n) is 6.50. The van der Waals surface area contributed by atoms with Crippen molar-refractivity contribution in [3.63, 3.8) is 0 Å². The van der Waals surface area contributed by atoms with Crippen LogP contribution in [0.15, 0.2) is 18.5 Å². The van der Waals surface area contributed by atoms with E-state index in [-0.39, 0.29) is 11.8 Å². The number of ether oxygens (including phenoxy) is 1. The number of rotatable bonds is 5. The SMILES string of the molecule is CNc1cc(Nc2cnc(C#N)cn2)nnc1OC1CC1. The van der Waals surface area contributed by atoms with Crippen molar-refractivity contribution in [3.8, 4) is 11.9 Å². The van der Waals surface area contributed by atoms with E-state index in [1.807, 2.05) is 6.07 Å². The molecule has 0 spiro atoms. The number of aromatic nitrogens is 4. The predicted octanol–water partition coefficient (Wildman–Crippen LogP) is 1.46.